The summed E-state index contributed by atoms with van der Waals surface area (Å²) < 4.78 is 0. The molecule has 2 aliphatic rings. The molecule has 20 heavy (non-hydrogen) atoms. The van der Waals surface area contributed by atoms with Crippen molar-refractivity contribution in [3.63, 3.8) is 0 Å². The van der Waals surface area contributed by atoms with Crippen LogP contribution in [-0.4, -0.2) is 53.2 Å². The van der Waals surface area contributed by atoms with Gasteiger partial charge < -0.3 is 15.7 Å². The van der Waals surface area contributed by atoms with Crippen molar-refractivity contribution in [2.24, 2.45) is 0 Å². The number of hydrogen-bond donors (Lipinski definition) is 3. The topological polar surface area (TPSA) is 81.7 Å². The minimum absolute atomic E-state index is 0.165. The van der Waals surface area contributed by atoms with Crippen molar-refractivity contribution in [3.8, 4) is 0 Å². The molecule has 114 valence electrons. The lowest BCUT2D eigenvalue weighted by atomic mass is 10.1. The minimum atomic E-state index is -0.956. The van der Waals surface area contributed by atoms with E-state index in [0.29, 0.717) is 12.5 Å². The molecule has 2 heterocycles. The molecule has 2 aliphatic heterocycles. The van der Waals surface area contributed by atoms with Crippen LogP contribution in [0.15, 0.2) is 0 Å². The highest BCUT2D eigenvalue weighted by Crippen LogP contribution is 2.27. The van der Waals surface area contributed by atoms with Gasteiger partial charge in [0.25, 0.3) is 0 Å². The molecule has 6 nitrogen and oxygen atoms in total. The van der Waals surface area contributed by atoms with Gasteiger partial charge in [-0.2, -0.15) is 0 Å². The number of amides is 2. The van der Waals surface area contributed by atoms with E-state index in [0.717, 1.165) is 38.8 Å². The average molecular weight is 283 g/mol. The SMILES string of the molecule is CCCC[C@H](NC(=O)NC1CCN2CCCC12)C(=O)O. The van der Waals surface area contributed by atoms with Crippen LogP contribution in [0, 0.1) is 0 Å². The lowest BCUT2D eigenvalue weighted by Gasteiger charge is -2.22. The maximum Gasteiger partial charge on any atom is 0.326 e. The predicted molar refractivity (Wildman–Crippen MR) is 75.6 cm³/mol. The minimum Gasteiger partial charge on any atom is -0.480 e. The largest absolute Gasteiger partial charge is 0.480 e. The quantitative estimate of drug-likeness (QED) is 0.683. The fourth-order valence-electron chi connectivity index (χ4n) is 3.28. The van der Waals surface area contributed by atoms with E-state index in [4.69, 9.17) is 5.11 Å². The first-order chi connectivity index (χ1) is 9.61. The number of fused-ring (bicyclic) bond motifs is 1. The lowest BCUT2D eigenvalue weighted by molar-refractivity contribution is -0.139. The second kappa shape index (κ2) is 6.92. The molecule has 6 heteroatoms. The van der Waals surface area contributed by atoms with Gasteiger partial charge in [-0.05, 0) is 32.2 Å². The Morgan fingerprint density at radius 2 is 2.15 bits per heavy atom. The summed E-state index contributed by atoms with van der Waals surface area (Å²) in [6.45, 7) is 4.17. The molecule has 3 atom stereocenters. The fourth-order valence-corrected chi connectivity index (χ4v) is 3.28. The Morgan fingerprint density at radius 3 is 2.85 bits per heavy atom. The van der Waals surface area contributed by atoms with Gasteiger partial charge in [-0.3, -0.25) is 4.90 Å². The molecule has 2 unspecified atom stereocenters. The van der Waals surface area contributed by atoms with Gasteiger partial charge in [-0.15, -0.1) is 0 Å². The van der Waals surface area contributed by atoms with Crippen LogP contribution in [0.3, 0.4) is 0 Å². The van der Waals surface area contributed by atoms with E-state index >= 15 is 0 Å². The first kappa shape index (κ1) is 15.1. The molecule has 0 radical (unpaired) electrons. The summed E-state index contributed by atoms with van der Waals surface area (Å²) in [7, 11) is 0. The number of unbranched alkanes of at least 4 members (excludes halogenated alkanes) is 1. The first-order valence-corrected chi connectivity index (χ1v) is 7.65. The molecule has 0 bridgehead atoms. The molecule has 0 aromatic rings. The highest BCUT2D eigenvalue weighted by molar-refractivity contribution is 5.82. The Hall–Kier alpha value is -1.30. The van der Waals surface area contributed by atoms with Gasteiger partial charge in [0.2, 0.25) is 0 Å². The number of rotatable bonds is 6. The molecule has 2 saturated heterocycles. The zero-order chi connectivity index (χ0) is 14.5. The summed E-state index contributed by atoms with van der Waals surface area (Å²) in [4.78, 5) is 25.5. The number of carbonyl (C=O) groups is 2. The summed E-state index contributed by atoms with van der Waals surface area (Å²) in [6.07, 6.45) is 5.50. The summed E-state index contributed by atoms with van der Waals surface area (Å²) in [5, 5.41) is 14.7. The number of carbonyl (C=O) groups excluding carboxylic acids is 1. The second-order valence-corrected chi connectivity index (χ2v) is 5.79. The van der Waals surface area contributed by atoms with Crippen molar-refractivity contribution in [2.75, 3.05) is 13.1 Å². The Morgan fingerprint density at radius 1 is 1.35 bits per heavy atom. The molecular weight excluding hydrogens is 258 g/mol. The summed E-state index contributed by atoms with van der Waals surface area (Å²) in [5.74, 6) is -0.956. The van der Waals surface area contributed by atoms with Crippen molar-refractivity contribution in [1.82, 2.24) is 15.5 Å². The first-order valence-electron chi connectivity index (χ1n) is 7.65. The summed E-state index contributed by atoms with van der Waals surface area (Å²) >= 11 is 0. The van der Waals surface area contributed by atoms with Crippen LogP contribution in [0.1, 0.15) is 45.4 Å². The Balaban J connectivity index is 1.80. The van der Waals surface area contributed by atoms with Crippen LogP contribution in [0.4, 0.5) is 4.79 Å². The molecule has 0 spiro atoms. The number of carboxylic acids is 1. The normalized spacial score (nSPS) is 27.1. The van der Waals surface area contributed by atoms with Gasteiger partial charge >= 0.3 is 12.0 Å². The molecule has 2 amide bonds. The zero-order valence-electron chi connectivity index (χ0n) is 12.1. The van der Waals surface area contributed by atoms with Gasteiger partial charge in [0, 0.05) is 18.6 Å². The van der Waals surface area contributed by atoms with Crippen LogP contribution >= 0.6 is 0 Å². The van der Waals surface area contributed by atoms with E-state index in [1.807, 2.05) is 6.92 Å². The number of nitrogens with zero attached hydrogens (tertiary/aromatic N) is 1. The lowest BCUT2D eigenvalue weighted by Crippen LogP contribution is -2.51. The molecule has 2 fully saturated rings. The molecule has 0 aromatic heterocycles. The third-order valence-corrected chi connectivity index (χ3v) is 4.37. The third kappa shape index (κ3) is 3.62. The maximum atomic E-state index is 12.0. The molecule has 0 aromatic carbocycles. The van der Waals surface area contributed by atoms with E-state index < -0.39 is 12.0 Å². The van der Waals surface area contributed by atoms with E-state index in [-0.39, 0.29) is 12.1 Å². The van der Waals surface area contributed by atoms with Crippen molar-refractivity contribution in [1.29, 1.82) is 0 Å². The van der Waals surface area contributed by atoms with Crippen molar-refractivity contribution < 1.29 is 14.7 Å². The van der Waals surface area contributed by atoms with Crippen LogP contribution in [0.2, 0.25) is 0 Å². The monoisotopic (exact) mass is 283 g/mol. The second-order valence-electron chi connectivity index (χ2n) is 5.79. The van der Waals surface area contributed by atoms with Gasteiger partial charge in [-0.1, -0.05) is 19.8 Å². The third-order valence-electron chi connectivity index (χ3n) is 4.37. The molecule has 0 saturated carbocycles. The van der Waals surface area contributed by atoms with Crippen molar-refractivity contribution >= 4 is 12.0 Å². The van der Waals surface area contributed by atoms with Crippen molar-refractivity contribution in [2.45, 2.75) is 63.6 Å². The van der Waals surface area contributed by atoms with E-state index in [2.05, 4.69) is 15.5 Å². The molecule has 0 aliphatic carbocycles. The van der Waals surface area contributed by atoms with Gasteiger partial charge in [0.1, 0.15) is 6.04 Å². The number of aliphatic carboxylic acids is 1. The summed E-state index contributed by atoms with van der Waals surface area (Å²) in [6, 6.07) is -0.513. The molecular formula is C14H25N3O3. The average Bonchev–Trinajstić information content (AvgIpc) is 2.99. The van der Waals surface area contributed by atoms with Gasteiger partial charge in [0.15, 0.2) is 0 Å². The Bertz CT molecular complexity index is 362. The van der Waals surface area contributed by atoms with Crippen LogP contribution in [-0.2, 0) is 4.79 Å². The highest BCUT2D eigenvalue weighted by Gasteiger charge is 2.38. The van der Waals surface area contributed by atoms with Crippen LogP contribution in [0.25, 0.3) is 0 Å². The maximum absolute atomic E-state index is 12.0. The highest BCUT2D eigenvalue weighted by atomic mass is 16.4. The fraction of sp³-hybridized carbons (Fsp3) is 0.857. The number of hydrogen-bond acceptors (Lipinski definition) is 3. The van der Waals surface area contributed by atoms with Crippen LogP contribution < -0.4 is 10.6 Å². The number of carboxylic acid groups (broad SMARTS) is 1. The summed E-state index contributed by atoms with van der Waals surface area (Å²) in [5.41, 5.74) is 0. The molecule has 3 N–H and O–H groups in total. The Kier molecular flexibility index (Phi) is 5.23. The Labute approximate surface area is 119 Å². The van der Waals surface area contributed by atoms with Crippen LogP contribution in [0.5, 0.6) is 0 Å². The van der Waals surface area contributed by atoms with E-state index in [1.54, 1.807) is 0 Å². The van der Waals surface area contributed by atoms with E-state index in [9.17, 15) is 9.59 Å². The smallest absolute Gasteiger partial charge is 0.326 e. The number of nitrogens with one attached hydrogen (secondary N) is 2. The van der Waals surface area contributed by atoms with E-state index in [1.165, 1.54) is 6.42 Å². The van der Waals surface area contributed by atoms with Gasteiger partial charge in [0.05, 0.1) is 0 Å². The predicted octanol–water partition coefficient (Wildman–Crippen LogP) is 1.17. The van der Waals surface area contributed by atoms with Gasteiger partial charge in [-0.25, -0.2) is 9.59 Å². The van der Waals surface area contributed by atoms with Crippen molar-refractivity contribution in [3.05, 3.63) is 0 Å². The molecule has 2 rings (SSSR count). The number of urea groups is 1. The standard InChI is InChI=1S/C14H25N3O3/c1-2-3-5-11(13(18)19)16-14(20)15-10-7-9-17-8-4-6-12(10)17/h10-12H,2-9H2,1H3,(H,18,19)(H2,15,16,20)/t10?,11-,12?/m0/s1. The zero-order valence-corrected chi connectivity index (χ0v) is 12.1.